The Morgan fingerprint density at radius 3 is 2.05 bits per heavy atom. The topological polar surface area (TPSA) is 228 Å². The summed E-state index contributed by atoms with van der Waals surface area (Å²) in [5.41, 5.74) is -3.16. The summed E-state index contributed by atoms with van der Waals surface area (Å²) in [6.07, 6.45) is -7.48. The molecule has 9 N–H and O–H groups in total. The zero-order chi connectivity index (χ0) is 40.1. The van der Waals surface area contributed by atoms with Crippen LogP contribution in [-0.4, -0.2) is 150 Å². The van der Waals surface area contributed by atoms with Crippen molar-refractivity contribution in [3.8, 4) is 0 Å². The SMILES string of the molecule is CC(C)(O)[C@H]1CC[C@](C)([C@H]2[C@@H](O)C[C@@]3(C)[C@@H]4C[C@@H](O[C@@H]5O[C@H](CO)[C@@H](O)[C@H](O)[C@H]5O)[C@@H]5C(C)(C)[C@H](O[C@@H]6OC[C@@H](O)[C@H](O)[C@H]6O)CC[C@]56C[C@]46CC[C@]23C)O1. The molecule has 3 aliphatic heterocycles. The number of fused-ring (bicyclic) bond motifs is 2. The minimum absolute atomic E-state index is 0.0633. The second-order valence-corrected chi connectivity index (χ2v) is 21.1. The van der Waals surface area contributed by atoms with Gasteiger partial charge in [0.15, 0.2) is 12.6 Å². The van der Waals surface area contributed by atoms with Crippen molar-refractivity contribution in [3.05, 3.63) is 0 Å². The highest BCUT2D eigenvalue weighted by Gasteiger charge is 2.85. The quantitative estimate of drug-likeness (QED) is 0.162. The molecule has 5 saturated carbocycles. The number of hydrogen-bond acceptors (Lipinski definition) is 14. The number of aliphatic hydroxyl groups excluding tert-OH is 8. The molecule has 0 bridgehead atoms. The minimum Gasteiger partial charge on any atom is -0.394 e. The van der Waals surface area contributed by atoms with Crippen LogP contribution >= 0.6 is 0 Å². The molecule has 0 amide bonds. The molecule has 316 valence electrons. The number of hydrogen-bond donors (Lipinski definition) is 9. The smallest absolute Gasteiger partial charge is 0.186 e. The Balaban J connectivity index is 1.15. The van der Waals surface area contributed by atoms with Gasteiger partial charge in [-0.25, -0.2) is 0 Å². The molecule has 0 aromatic rings. The molecule has 0 aromatic heterocycles. The van der Waals surface area contributed by atoms with Crippen LogP contribution in [0.1, 0.15) is 106 Å². The van der Waals surface area contributed by atoms with Crippen LogP contribution in [0.3, 0.4) is 0 Å². The first-order valence-electron chi connectivity index (χ1n) is 20.9. The van der Waals surface area contributed by atoms with Gasteiger partial charge in [-0.3, -0.25) is 0 Å². The summed E-state index contributed by atoms with van der Waals surface area (Å²) < 4.78 is 31.9. The lowest BCUT2D eigenvalue weighted by Crippen LogP contribution is -2.65. The maximum absolute atomic E-state index is 12.2. The molecule has 0 radical (unpaired) electrons. The van der Waals surface area contributed by atoms with E-state index in [0.717, 1.165) is 32.1 Å². The maximum atomic E-state index is 12.2. The largest absolute Gasteiger partial charge is 0.394 e. The fraction of sp³-hybridized carbons (Fsp3) is 1.00. The Morgan fingerprint density at radius 1 is 0.709 bits per heavy atom. The highest BCUT2D eigenvalue weighted by atomic mass is 16.7. The van der Waals surface area contributed by atoms with E-state index in [4.69, 9.17) is 23.7 Å². The second-order valence-electron chi connectivity index (χ2n) is 21.1. The molecule has 3 heterocycles. The third-order valence-corrected chi connectivity index (χ3v) is 17.6. The van der Waals surface area contributed by atoms with Gasteiger partial charge in [0.1, 0.15) is 42.7 Å². The lowest BCUT2D eigenvalue weighted by atomic mass is 9.41. The van der Waals surface area contributed by atoms with Gasteiger partial charge in [0.05, 0.1) is 48.8 Å². The Bertz CT molecular complexity index is 1460. The van der Waals surface area contributed by atoms with E-state index in [2.05, 4.69) is 34.6 Å². The summed E-state index contributed by atoms with van der Waals surface area (Å²) >= 11 is 0. The second kappa shape index (κ2) is 13.2. The molecule has 8 aliphatic rings. The standard InChI is InChI=1S/C41H68O14/c1-35(2)24(54-33-29(48)26(45)20(44)17-51-33)9-11-41-18-40(41)13-12-37(5)31(39(7)10-8-25(55-39)36(3,4)50)19(43)15-38(37,6)23(40)14-21(32(35)41)52-34-30(49)28(47)27(46)22(16-42)53-34/h19-34,42-50H,8-18H2,1-7H3/t19-,20+,21+,22+,23-,24+,25+,26-,27+,28-,29+,30+,31-,32+,33-,34+,37+,38-,39+,40+,41-/m0/s1. The van der Waals surface area contributed by atoms with Gasteiger partial charge >= 0.3 is 0 Å². The minimum atomic E-state index is -1.60. The Kier molecular flexibility index (Phi) is 9.90. The van der Waals surface area contributed by atoms with Crippen molar-refractivity contribution < 1.29 is 69.6 Å². The monoisotopic (exact) mass is 784 g/mol. The summed E-state index contributed by atoms with van der Waals surface area (Å²) in [6, 6.07) is 0. The lowest BCUT2D eigenvalue weighted by molar-refractivity contribution is -0.339. The molecule has 0 unspecified atom stereocenters. The summed E-state index contributed by atoms with van der Waals surface area (Å²) in [5, 5.41) is 97.2. The normalized spacial score (nSPS) is 58.7. The molecule has 2 spiro atoms. The molecule has 8 rings (SSSR count). The van der Waals surface area contributed by atoms with E-state index in [0.29, 0.717) is 25.7 Å². The van der Waals surface area contributed by atoms with Crippen molar-refractivity contribution in [2.24, 2.45) is 44.8 Å². The van der Waals surface area contributed by atoms with Gasteiger partial charge in [-0.15, -0.1) is 0 Å². The molecule has 55 heavy (non-hydrogen) atoms. The van der Waals surface area contributed by atoms with Crippen LogP contribution in [0.15, 0.2) is 0 Å². The van der Waals surface area contributed by atoms with Gasteiger partial charge in [-0.2, -0.15) is 0 Å². The molecular formula is C41H68O14. The summed E-state index contributed by atoms with van der Waals surface area (Å²) in [6.45, 7) is 13.8. The molecular weight excluding hydrogens is 716 g/mol. The van der Waals surface area contributed by atoms with Crippen molar-refractivity contribution >= 4 is 0 Å². The molecule has 5 aliphatic carbocycles. The lowest BCUT2D eigenvalue weighted by Gasteiger charge is -2.65. The first-order valence-corrected chi connectivity index (χ1v) is 20.9. The number of ether oxygens (including phenoxy) is 5. The summed E-state index contributed by atoms with van der Waals surface area (Å²) in [7, 11) is 0. The molecule has 14 nitrogen and oxygen atoms in total. The summed E-state index contributed by atoms with van der Waals surface area (Å²) in [5.74, 6) is -0.215. The predicted octanol–water partition coefficient (Wildman–Crippen LogP) is 0.724. The predicted molar refractivity (Wildman–Crippen MR) is 194 cm³/mol. The van der Waals surface area contributed by atoms with Crippen LogP contribution in [0, 0.1) is 44.8 Å². The van der Waals surface area contributed by atoms with Crippen molar-refractivity contribution in [1.29, 1.82) is 0 Å². The molecule has 14 heteroatoms. The highest BCUT2D eigenvalue weighted by molar-refractivity contribution is 5.33. The van der Waals surface area contributed by atoms with Crippen LogP contribution < -0.4 is 0 Å². The van der Waals surface area contributed by atoms with Gasteiger partial charge in [0.2, 0.25) is 0 Å². The van der Waals surface area contributed by atoms with E-state index in [1.54, 1.807) is 13.8 Å². The van der Waals surface area contributed by atoms with Gasteiger partial charge < -0.3 is 69.6 Å². The van der Waals surface area contributed by atoms with Gasteiger partial charge in [0.25, 0.3) is 0 Å². The van der Waals surface area contributed by atoms with Gasteiger partial charge in [-0.05, 0) is 117 Å². The van der Waals surface area contributed by atoms with Crippen LogP contribution in [0.4, 0.5) is 0 Å². The molecule has 8 fully saturated rings. The fourth-order valence-corrected chi connectivity index (χ4v) is 14.9. The third-order valence-electron chi connectivity index (χ3n) is 17.6. The van der Waals surface area contributed by atoms with E-state index in [9.17, 15) is 46.0 Å². The van der Waals surface area contributed by atoms with E-state index in [1.807, 2.05) is 0 Å². The van der Waals surface area contributed by atoms with Crippen LogP contribution in [0.5, 0.6) is 0 Å². The van der Waals surface area contributed by atoms with E-state index in [-0.39, 0.29) is 52.1 Å². The van der Waals surface area contributed by atoms with Crippen molar-refractivity contribution in [2.75, 3.05) is 13.2 Å². The third kappa shape index (κ3) is 5.70. The average molecular weight is 785 g/mol. The molecule has 3 saturated heterocycles. The van der Waals surface area contributed by atoms with Crippen LogP contribution in [0.2, 0.25) is 0 Å². The molecule has 0 aromatic carbocycles. The van der Waals surface area contributed by atoms with E-state index in [1.165, 1.54) is 0 Å². The number of aliphatic hydroxyl groups is 9. The first kappa shape index (κ1) is 41.2. The van der Waals surface area contributed by atoms with Crippen LogP contribution in [0.25, 0.3) is 0 Å². The molecule has 21 atom stereocenters. The van der Waals surface area contributed by atoms with E-state index < -0.39 is 96.8 Å². The number of rotatable bonds is 7. The Labute approximate surface area is 324 Å². The van der Waals surface area contributed by atoms with Gasteiger partial charge in [0, 0.05) is 5.92 Å². The van der Waals surface area contributed by atoms with Gasteiger partial charge in [-0.1, -0.05) is 27.7 Å². The first-order chi connectivity index (χ1) is 25.5. The van der Waals surface area contributed by atoms with Crippen LogP contribution in [-0.2, 0) is 23.7 Å². The fourth-order valence-electron chi connectivity index (χ4n) is 14.9. The maximum Gasteiger partial charge on any atom is 0.186 e. The zero-order valence-corrected chi connectivity index (χ0v) is 33.6. The van der Waals surface area contributed by atoms with E-state index >= 15 is 0 Å². The Hall–Kier alpha value is -0.560. The van der Waals surface area contributed by atoms with Crippen molar-refractivity contribution in [2.45, 2.75) is 197 Å². The zero-order valence-electron chi connectivity index (χ0n) is 33.6. The highest BCUT2D eigenvalue weighted by Crippen LogP contribution is 2.89. The van der Waals surface area contributed by atoms with Crippen molar-refractivity contribution in [1.82, 2.24) is 0 Å². The van der Waals surface area contributed by atoms with Crippen molar-refractivity contribution in [3.63, 3.8) is 0 Å². The summed E-state index contributed by atoms with van der Waals surface area (Å²) in [4.78, 5) is 0. The Morgan fingerprint density at radius 2 is 1.40 bits per heavy atom. The average Bonchev–Trinajstić information content (AvgIpc) is 3.47.